The van der Waals surface area contributed by atoms with Crippen LogP contribution in [0, 0.1) is 0 Å². The van der Waals surface area contributed by atoms with Crippen molar-refractivity contribution >= 4 is 22.5 Å². The van der Waals surface area contributed by atoms with Crippen LogP contribution < -0.4 is 20.1 Å². The highest BCUT2D eigenvalue weighted by Crippen LogP contribution is 2.42. The van der Waals surface area contributed by atoms with Crippen molar-refractivity contribution in [2.24, 2.45) is 0 Å². The molecule has 1 aromatic carbocycles. The number of hydrogen-bond acceptors (Lipinski definition) is 6. The molecule has 1 fully saturated rings. The molecule has 1 aromatic heterocycles. The molecule has 23 heavy (non-hydrogen) atoms. The van der Waals surface area contributed by atoms with Crippen LogP contribution in [0.15, 0.2) is 18.2 Å². The highest BCUT2D eigenvalue weighted by atomic mass is 32.1. The molecule has 1 aliphatic heterocycles. The summed E-state index contributed by atoms with van der Waals surface area (Å²) in [6.07, 6.45) is 2.34. The average Bonchev–Trinajstić information content (AvgIpc) is 3.33. The van der Waals surface area contributed by atoms with Gasteiger partial charge in [0.05, 0.1) is 0 Å². The average molecular weight is 332 g/mol. The molecule has 0 spiro atoms. The van der Waals surface area contributed by atoms with Crippen molar-refractivity contribution in [3.63, 3.8) is 0 Å². The number of carbonyl (C=O) groups excluding carboxylic acids is 1. The predicted octanol–water partition coefficient (Wildman–Crippen LogP) is 2.51. The second kappa shape index (κ2) is 6.04. The minimum absolute atomic E-state index is 0.293. The molecule has 2 heterocycles. The van der Waals surface area contributed by atoms with E-state index in [0.29, 0.717) is 36.6 Å². The number of fused-ring (bicyclic) bond motifs is 1. The minimum Gasteiger partial charge on any atom is -0.486 e. The van der Waals surface area contributed by atoms with Crippen LogP contribution in [0.25, 0.3) is 0 Å². The highest BCUT2D eigenvalue weighted by molar-refractivity contribution is 7.15. The lowest BCUT2D eigenvalue weighted by molar-refractivity contribution is 0.171. The lowest BCUT2D eigenvalue weighted by Gasteiger charge is -2.18. The molecular weight excluding hydrogens is 316 g/mol. The normalized spacial score (nSPS) is 16.0. The van der Waals surface area contributed by atoms with E-state index in [1.54, 1.807) is 0 Å². The second-order valence-corrected chi connectivity index (χ2v) is 6.51. The number of urea groups is 1. The van der Waals surface area contributed by atoms with E-state index in [4.69, 9.17) is 9.47 Å². The predicted molar refractivity (Wildman–Crippen MR) is 85.2 cm³/mol. The Bertz CT molecular complexity index is 729. The third kappa shape index (κ3) is 3.37. The first-order valence-electron chi connectivity index (χ1n) is 7.55. The summed E-state index contributed by atoms with van der Waals surface area (Å²) < 4.78 is 11.0. The molecule has 4 rings (SSSR count). The van der Waals surface area contributed by atoms with E-state index in [0.717, 1.165) is 16.3 Å². The number of aromatic nitrogens is 2. The van der Waals surface area contributed by atoms with Crippen LogP contribution >= 0.6 is 11.3 Å². The van der Waals surface area contributed by atoms with Gasteiger partial charge < -0.3 is 14.8 Å². The van der Waals surface area contributed by atoms with Crippen LogP contribution in [0.1, 0.15) is 29.3 Å². The molecule has 1 saturated carbocycles. The molecule has 0 unspecified atom stereocenters. The Morgan fingerprint density at radius 1 is 1.22 bits per heavy atom. The number of nitrogens with zero attached hydrogens (tertiary/aromatic N) is 2. The number of carbonyl (C=O) groups is 1. The van der Waals surface area contributed by atoms with Crippen LogP contribution in [0.5, 0.6) is 11.5 Å². The standard InChI is InChI=1S/C15H16N4O3S/c20-14(17-15-19-18-13(23-15)10-2-3-10)16-8-9-1-4-11-12(7-9)22-6-5-21-11/h1,4,7,10H,2-3,5-6,8H2,(H2,16,17,19,20). The van der Waals surface area contributed by atoms with Crippen molar-refractivity contribution in [3.05, 3.63) is 28.8 Å². The first-order valence-corrected chi connectivity index (χ1v) is 8.36. The molecule has 7 nitrogen and oxygen atoms in total. The van der Waals surface area contributed by atoms with E-state index in [1.165, 1.54) is 24.2 Å². The van der Waals surface area contributed by atoms with Crippen LogP contribution in [0.4, 0.5) is 9.93 Å². The third-order valence-electron chi connectivity index (χ3n) is 3.65. The van der Waals surface area contributed by atoms with Crippen LogP contribution in [0.3, 0.4) is 0 Å². The summed E-state index contributed by atoms with van der Waals surface area (Å²) in [7, 11) is 0. The Labute approximate surface area is 137 Å². The van der Waals surface area contributed by atoms with Crippen LogP contribution in [0.2, 0.25) is 0 Å². The molecule has 1 aliphatic carbocycles. The summed E-state index contributed by atoms with van der Waals surface area (Å²) in [5.41, 5.74) is 0.945. The maximum Gasteiger partial charge on any atom is 0.321 e. The van der Waals surface area contributed by atoms with Gasteiger partial charge >= 0.3 is 6.03 Å². The fourth-order valence-corrected chi connectivity index (χ4v) is 3.21. The van der Waals surface area contributed by atoms with Gasteiger partial charge in [-0.05, 0) is 30.5 Å². The fraction of sp³-hybridized carbons (Fsp3) is 0.400. The lowest BCUT2D eigenvalue weighted by Crippen LogP contribution is -2.28. The van der Waals surface area contributed by atoms with Crippen molar-refractivity contribution in [1.82, 2.24) is 15.5 Å². The third-order valence-corrected chi connectivity index (χ3v) is 4.65. The van der Waals surface area contributed by atoms with Gasteiger partial charge in [0.2, 0.25) is 5.13 Å². The molecule has 2 aromatic rings. The summed E-state index contributed by atoms with van der Waals surface area (Å²) in [6.45, 7) is 1.51. The monoisotopic (exact) mass is 332 g/mol. The van der Waals surface area contributed by atoms with E-state index in [-0.39, 0.29) is 6.03 Å². The molecule has 2 N–H and O–H groups in total. The number of amides is 2. The first-order chi connectivity index (χ1) is 11.3. The number of nitrogens with one attached hydrogen (secondary N) is 2. The summed E-state index contributed by atoms with van der Waals surface area (Å²) in [5, 5.41) is 15.1. The van der Waals surface area contributed by atoms with E-state index in [2.05, 4.69) is 20.8 Å². The molecule has 0 atom stereocenters. The van der Waals surface area contributed by atoms with Gasteiger partial charge in [0, 0.05) is 12.5 Å². The maximum atomic E-state index is 11.9. The molecule has 8 heteroatoms. The Kier molecular flexibility index (Phi) is 3.74. The van der Waals surface area contributed by atoms with Gasteiger partial charge in [0.25, 0.3) is 0 Å². The molecular formula is C15H16N4O3S. The van der Waals surface area contributed by atoms with Gasteiger partial charge in [-0.25, -0.2) is 4.79 Å². The summed E-state index contributed by atoms with van der Waals surface area (Å²) >= 11 is 1.44. The molecule has 0 saturated heterocycles. The van der Waals surface area contributed by atoms with Gasteiger partial charge in [-0.15, -0.1) is 10.2 Å². The molecule has 0 radical (unpaired) electrons. The maximum absolute atomic E-state index is 11.9. The number of anilines is 1. The number of rotatable bonds is 4. The smallest absolute Gasteiger partial charge is 0.321 e. The Balaban J connectivity index is 1.32. The van der Waals surface area contributed by atoms with Gasteiger partial charge in [-0.1, -0.05) is 17.4 Å². The van der Waals surface area contributed by atoms with E-state index in [1.807, 2.05) is 18.2 Å². The Morgan fingerprint density at radius 3 is 2.87 bits per heavy atom. The van der Waals surface area contributed by atoms with Crippen molar-refractivity contribution in [2.45, 2.75) is 25.3 Å². The van der Waals surface area contributed by atoms with E-state index in [9.17, 15) is 4.79 Å². The lowest BCUT2D eigenvalue weighted by atomic mass is 10.2. The van der Waals surface area contributed by atoms with Crippen molar-refractivity contribution in [2.75, 3.05) is 18.5 Å². The quantitative estimate of drug-likeness (QED) is 0.898. The van der Waals surface area contributed by atoms with Gasteiger partial charge in [-0.3, -0.25) is 5.32 Å². The Morgan fingerprint density at radius 2 is 2.04 bits per heavy atom. The zero-order valence-electron chi connectivity index (χ0n) is 12.4. The minimum atomic E-state index is -0.293. The zero-order chi connectivity index (χ0) is 15.6. The Hall–Kier alpha value is -2.35. The number of ether oxygens (including phenoxy) is 2. The summed E-state index contributed by atoms with van der Waals surface area (Å²) in [5.74, 6) is 2.00. The molecule has 120 valence electrons. The number of hydrogen-bond donors (Lipinski definition) is 2. The largest absolute Gasteiger partial charge is 0.486 e. The zero-order valence-corrected chi connectivity index (χ0v) is 13.2. The van der Waals surface area contributed by atoms with E-state index >= 15 is 0 Å². The van der Waals surface area contributed by atoms with Gasteiger partial charge in [0.15, 0.2) is 11.5 Å². The van der Waals surface area contributed by atoms with Crippen LogP contribution in [-0.2, 0) is 6.54 Å². The molecule has 2 aliphatic rings. The SMILES string of the molecule is O=C(NCc1ccc2c(c1)OCCO2)Nc1nnc(C2CC2)s1. The topological polar surface area (TPSA) is 85.4 Å². The second-order valence-electron chi connectivity index (χ2n) is 5.51. The van der Waals surface area contributed by atoms with Crippen molar-refractivity contribution in [1.29, 1.82) is 0 Å². The summed E-state index contributed by atoms with van der Waals surface area (Å²) in [6, 6.07) is 5.35. The highest BCUT2D eigenvalue weighted by Gasteiger charge is 2.27. The van der Waals surface area contributed by atoms with Crippen LogP contribution in [-0.4, -0.2) is 29.4 Å². The van der Waals surface area contributed by atoms with E-state index < -0.39 is 0 Å². The van der Waals surface area contributed by atoms with Crippen molar-refractivity contribution in [3.8, 4) is 11.5 Å². The number of benzene rings is 1. The molecule has 0 bridgehead atoms. The first kappa shape index (κ1) is 14.3. The molecule has 2 amide bonds. The van der Waals surface area contributed by atoms with Gasteiger partial charge in [-0.2, -0.15) is 0 Å². The summed E-state index contributed by atoms with van der Waals surface area (Å²) in [4.78, 5) is 11.9. The van der Waals surface area contributed by atoms with Crippen molar-refractivity contribution < 1.29 is 14.3 Å². The van der Waals surface area contributed by atoms with Gasteiger partial charge in [0.1, 0.15) is 18.2 Å². The fourth-order valence-electron chi connectivity index (χ4n) is 2.30.